The van der Waals surface area contributed by atoms with E-state index in [2.05, 4.69) is 9.72 Å². The number of esters is 1. The number of nitrogen functional groups attached to an aromatic ring is 1. The maximum Gasteiger partial charge on any atom is 0.360 e. The molecule has 0 aliphatic rings. The van der Waals surface area contributed by atoms with Crippen molar-refractivity contribution in [2.45, 2.75) is 26.3 Å². The lowest BCUT2D eigenvalue weighted by molar-refractivity contribution is 0.0595. The van der Waals surface area contributed by atoms with Crippen LogP contribution in [0.15, 0.2) is 24.3 Å². The number of nitrogens with two attached hydrogens (primary N) is 1. The Morgan fingerprint density at radius 3 is 2.62 bits per heavy atom. The van der Waals surface area contributed by atoms with E-state index in [1.165, 1.54) is 7.11 Å². The lowest BCUT2D eigenvalue weighted by Crippen LogP contribution is -2.10. The van der Waals surface area contributed by atoms with Gasteiger partial charge in [0.15, 0.2) is 5.69 Å². The molecule has 0 aliphatic heterocycles. The highest BCUT2D eigenvalue weighted by Gasteiger charge is 2.19. The molecule has 0 bridgehead atoms. The maximum absolute atomic E-state index is 11.6. The molecule has 1 heterocycles. The summed E-state index contributed by atoms with van der Waals surface area (Å²) in [5, 5.41) is 9.27. The van der Waals surface area contributed by atoms with Crippen molar-refractivity contribution in [1.29, 1.82) is 0 Å². The van der Waals surface area contributed by atoms with Crippen molar-refractivity contribution in [2.24, 2.45) is 0 Å². The summed E-state index contributed by atoms with van der Waals surface area (Å²) in [6, 6.07) is 7.00. The number of methoxy groups -OCH3 is 1. The van der Waals surface area contributed by atoms with Crippen LogP contribution in [0.4, 0.5) is 5.82 Å². The summed E-state index contributed by atoms with van der Waals surface area (Å²) >= 11 is 0. The number of ether oxygens (including phenoxy) is 1. The fraction of sp³-hybridized carbons (Fsp3) is 0.333. The van der Waals surface area contributed by atoms with Crippen LogP contribution in [0.3, 0.4) is 0 Å². The largest absolute Gasteiger partial charge is 0.508 e. The Labute approximate surface area is 123 Å². The van der Waals surface area contributed by atoms with Crippen molar-refractivity contribution in [3.05, 3.63) is 41.3 Å². The highest BCUT2D eigenvalue weighted by atomic mass is 16.5. The van der Waals surface area contributed by atoms with Gasteiger partial charge in [0.25, 0.3) is 0 Å². The number of carbonyl (C=O) groups excluding carboxylic acids is 1. The summed E-state index contributed by atoms with van der Waals surface area (Å²) in [4.78, 5) is 15.9. The molecule has 0 atom stereocenters. The quantitative estimate of drug-likeness (QED) is 0.819. The molecule has 0 radical (unpaired) electrons. The minimum absolute atomic E-state index is 0.167. The number of phenolic OH excluding ortho intramolecular Hbond substituents is 1. The highest BCUT2D eigenvalue weighted by molar-refractivity contribution is 5.92. The Morgan fingerprint density at radius 1 is 1.38 bits per heavy atom. The molecule has 0 saturated carbocycles. The summed E-state index contributed by atoms with van der Waals surface area (Å²) in [5.74, 6) is 0.804. The lowest BCUT2D eigenvalue weighted by Gasteiger charge is -2.09. The topological polar surface area (TPSA) is 90.4 Å². The first kappa shape index (κ1) is 14.9. The number of imidazole rings is 1. The molecule has 0 amide bonds. The zero-order valence-corrected chi connectivity index (χ0v) is 12.2. The fourth-order valence-electron chi connectivity index (χ4n) is 2.18. The van der Waals surface area contributed by atoms with Crippen LogP contribution >= 0.6 is 0 Å². The van der Waals surface area contributed by atoms with E-state index in [0.717, 1.165) is 17.8 Å². The van der Waals surface area contributed by atoms with E-state index in [9.17, 15) is 9.90 Å². The second-order valence-electron chi connectivity index (χ2n) is 4.68. The highest BCUT2D eigenvalue weighted by Crippen LogP contribution is 2.18. The normalized spacial score (nSPS) is 10.6. The predicted octanol–water partition coefficient (Wildman–Crippen LogP) is 1.76. The van der Waals surface area contributed by atoms with E-state index >= 15 is 0 Å². The van der Waals surface area contributed by atoms with Crippen LogP contribution in [0.1, 0.15) is 28.8 Å². The number of hydrogen-bond acceptors (Lipinski definition) is 5. The van der Waals surface area contributed by atoms with Gasteiger partial charge in [-0.05, 0) is 24.1 Å². The molecule has 6 nitrogen and oxygen atoms in total. The van der Waals surface area contributed by atoms with Gasteiger partial charge >= 0.3 is 5.97 Å². The third-order valence-electron chi connectivity index (χ3n) is 3.34. The van der Waals surface area contributed by atoms with Gasteiger partial charge in [0, 0.05) is 13.0 Å². The number of anilines is 1. The Hall–Kier alpha value is -2.50. The summed E-state index contributed by atoms with van der Waals surface area (Å²) < 4.78 is 6.52. The maximum atomic E-state index is 11.6. The van der Waals surface area contributed by atoms with Crippen LogP contribution in [0.2, 0.25) is 0 Å². The summed E-state index contributed by atoms with van der Waals surface area (Å²) in [6.45, 7) is 2.57. The molecule has 2 rings (SSSR count). The van der Waals surface area contributed by atoms with Gasteiger partial charge < -0.3 is 20.1 Å². The van der Waals surface area contributed by atoms with Crippen molar-refractivity contribution in [3.8, 4) is 5.75 Å². The average molecular weight is 289 g/mol. The number of rotatable bonds is 5. The molecule has 1 aromatic carbocycles. The zero-order chi connectivity index (χ0) is 15.4. The van der Waals surface area contributed by atoms with Crippen molar-refractivity contribution in [3.63, 3.8) is 0 Å². The number of carbonyl (C=O) groups is 1. The van der Waals surface area contributed by atoms with Crippen LogP contribution in [-0.2, 0) is 24.1 Å². The first-order valence-electron chi connectivity index (χ1n) is 6.78. The van der Waals surface area contributed by atoms with Crippen LogP contribution in [0, 0.1) is 0 Å². The van der Waals surface area contributed by atoms with Crippen molar-refractivity contribution in [1.82, 2.24) is 9.55 Å². The summed E-state index contributed by atoms with van der Waals surface area (Å²) in [5.41, 5.74) is 7.24. The molecular weight excluding hydrogens is 270 g/mol. The van der Waals surface area contributed by atoms with E-state index in [-0.39, 0.29) is 11.4 Å². The number of benzene rings is 1. The Bertz CT molecular complexity index is 632. The van der Waals surface area contributed by atoms with Crippen LogP contribution < -0.4 is 5.73 Å². The fourth-order valence-corrected chi connectivity index (χ4v) is 2.18. The predicted molar refractivity (Wildman–Crippen MR) is 79.2 cm³/mol. The molecule has 21 heavy (non-hydrogen) atoms. The number of nitrogens with zero attached hydrogens (tertiary/aromatic N) is 2. The van der Waals surface area contributed by atoms with Gasteiger partial charge in [-0.15, -0.1) is 0 Å². The van der Waals surface area contributed by atoms with Gasteiger partial charge in [0.2, 0.25) is 0 Å². The van der Waals surface area contributed by atoms with E-state index in [1.54, 1.807) is 12.1 Å². The lowest BCUT2D eigenvalue weighted by atomic mass is 10.1. The SMILES string of the molecule is CCc1nc(C(=O)OC)c(N)n1CCc1ccc(O)cc1. The van der Waals surface area contributed by atoms with Gasteiger partial charge in [0.1, 0.15) is 17.4 Å². The monoisotopic (exact) mass is 289 g/mol. The third-order valence-corrected chi connectivity index (χ3v) is 3.34. The summed E-state index contributed by atoms with van der Waals surface area (Å²) in [6.07, 6.45) is 1.41. The smallest absolute Gasteiger partial charge is 0.360 e. The second kappa shape index (κ2) is 6.30. The van der Waals surface area contributed by atoms with Gasteiger partial charge in [-0.25, -0.2) is 9.78 Å². The Morgan fingerprint density at radius 2 is 2.05 bits per heavy atom. The van der Waals surface area contributed by atoms with Gasteiger partial charge in [-0.3, -0.25) is 0 Å². The Balaban J connectivity index is 2.20. The molecule has 0 spiro atoms. The molecule has 0 aliphatic carbocycles. The molecule has 0 fully saturated rings. The van der Waals surface area contributed by atoms with Crippen molar-refractivity contribution < 1.29 is 14.6 Å². The van der Waals surface area contributed by atoms with Gasteiger partial charge in [-0.2, -0.15) is 0 Å². The van der Waals surface area contributed by atoms with E-state index in [1.807, 2.05) is 23.6 Å². The average Bonchev–Trinajstić information content (AvgIpc) is 2.82. The van der Waals surface area contributed by atoms with Crippen molar-refractivity contribution in [2.75, 3.05) is 12.8 Å². The van der Waals surface area contributed by atoms with Crippen LogP contribution in [-0.4, -0.2) is 27.7 Å². The molecule has 112 valence electrons. The first-order valence-corrected chi connectivity index (χ1v) is 6.78. The van der Waals surface area contributed by atoms with Crippen LogP contribution in [0.5, 0.6) is 5.75 Å². The summed E-state index contributed by atoms with van der Waals surface area (Å²) in [7, 11) is 1.31. The van der Waals surface area contributed by atoms with E-state index < -0.39 is 5.97 Å². The second-order valence-corrected chi connectivity index (χ2v) is 4.68. The van der Waals surface area contributed by atoms with Crippen LogP contribution in [0.25, 0.3) is 0 Å². The first-order chi connectivity index (χ1) is 10.1. The molecule has 0 saturated heterocycles. The standard InChI is InChI=1S/C15H19N3O3/c1-3-12-17-13(15(20)21-2)14(16)18(12)9-8-10-4-6-11(19)7-5-10/h4-7,19H,3,8-9,16H2,1-2H3. The minimum atomic E-state index is -0.523. The molecule has 1 aromatic heterocycles. The van der Waals surface area contributed by atoms with E-state index in [4.69, 9.17) is 5.73 Å². The Kier molecular flexibility index (Phi) is 4.47. The number of phenols is 1. The molecule has 6 heteroatoms. The molecule has 2 aromatic rings. The van der Waals surface area contributed by atoms with E-state index in [0.29, 0.717) is 18.8 Å². The number of aromatic nitrogens is 2. The van der Waals surface area contributed by atoms with Gasteiger partial charge in [-0.1, -0.05) is 19.1 Å². The number of aryl methyl sites for hydroxylation is 2. The zero-order valence-electron chi connectivity index (χ0n) is 12.2. The molecule has 0 unspecified atom stereocenters. The van der Waals surface area contributed by atoms with Gasteiger partial charge in [0.05, 0.1) is 7.11 Å². The third kappa shape index (κ3) is 3.16. The molecular formula is C15H19N3O3. The molecule has 3 N–H and O–H groups in total. The number of hydrogen-bond donors (Lipinski definition) is 2. The minimum Gasteiger partial charge on any atom is -0.508 e. The number of aromatic hydroxyl groups is 1. The van der Waals surface area contributed by atoms with Crippen molar-refractivity contribution >= 4 is 11.8 Å².